The average Bonchev–Trinajstić information content (AvgIpc) is 3.40. The number of ether oxygens (including phenoxy) is 2. The van der Waals surface area contributed by atoms with E-state index in [1.54, 1.807) is 37.4 Å². The molecule has 0 bridgehead atoms. The van der Waals surface area contributed by atoms with Gasteiger partial charge in [0.05, 0.1) is 13.7 Å². The number of nitrogens with zero attached hydrogens (tertiary/aromatic N) is 2. The molecule has 2 N–H and O–H groups in total. The molecule has 9 heteroatoms. The van der Waals surface area contributed by atoms with Gasteiger partial charge in [-0.3, -0.25) is 19.9 Å². The highest BCUT2D eigenvalue weighted by molar-refractivity contribution is 6.08. The number of fused-ring (bicyclic) bond motifs is 2. The number of hydrogen-bond donors (Lipinski definition) is 2. The van der Waals surface area contributed by atoms with Crippen LogP contribution in [0.1, 0.15) is 39.9 Å². The Morgan fingerprint density at radius 1 is 1.24 bits per heavy atom. The highest BCUT2D eigenvalue weighted by Gasteiger charge is 2.59. The van der Waals surface area contributed by atoms with Gasteiger partial charge in [-0.15, -0.1) is 0 Å². The van der Waals surface area contributed by atoms with Gasteiger partial charge >= 0.3 is 6.03 Å². The van der Waals surface area contributed by atoms with Gasteiger partial charge in [-0.05, 0) is 41.5 Å². The van der Waals surface area contributed by atoms with E-state index in [4.69, 9.17) is 9.47 Å². The standard InChI is InChI=1S/C24H24N4O5/c1-13-17-8-14(10-25-2)4-7-19(17)33-20(13)24(22(30)26-23(31)27-24)12-28-11-15-5-6-16(32-3)9-18(15)21(28)29/h4-10,13,20H,11-12H2,1-3H3,(H2,26,27,30,31)/t13?,20?,24-/m0/s1. The summed E-state index contributed by atoms with van der Waals surface area (Å²) in [5.74, 6) is 0.292. The summed E-state index contributed by atoms with van der Waals surface area (Å²) in [6.07, 6.45) is 1.05. The quantitative estimate of drug-likeness (QED) is 0.536. The van der Waals surface area contributed by atoms with Crippen molar-refractivity contribution in [3.63, 3.8) is 0 Å². The lowest BCUT2D eigenvalue weighted by Gasteiger charge is -2.36. The monoisotopic (exact) mass is 448 g/mol. The molecule has 5 rings (SSSR count). The number of nitrogens with one attached hydrogen (secondary N) is 2. The van der Waals surface area contributed by atoms with Crippen LogP contribution in [-0.4, -0.2) is 61.3 Å². The minimum Gasteiger partial charge on any atom is -0.497 e. The second-order valence-electron chi connectivity index (χ2n) is 8.58. The summed E-state index contributed by atoms with van der Waals surface area (Å²) in [6, 6.07) is 10.4. The van der Waals surface area contributed by atoms with Crippen LogP contribution in [0.2, 0.25) is 0 Å². The van der Waals surface area contributed by atoms with E-state index in [0.29, 0.717) is 23.6 Å². The van der Waals surface area contributed by atoms with Gasteiger partial charge in [0.25, 0.3) is 11.8 Å². The molecule has 3 atom stereocenters. The Bertz CT molecular complexity index is 1210. The van der Waals surface area contributed by atoms with Crippen molar-refractivity contribution >= 4 is 24.1 Å². The molecule has 0 aliphatic carbocycles. The van der Waals surface area contributed by atoms with Crippen LogP contribution in [0.5, 0.6) is 11.5 Å². The highest BCUT2D eigenvalue weighted by Crippen LogP contribution is 2.44. The summed E-state index contributed by atoms with van der Waals surface area (Å²) in [5, 5.41) is 5.14. The number of amides is 4. The first-order chi connectivity index (χ1) is 15.9. The lowest BCUT2D eigenvalue weighted by Crippen LogP contribution is -2.64. The van der Waals surface area contributed by atoms with E-state index in [0.717, 1.165) is 16.7 Å². The van der Waals surface area contributed by atoms with Crippen LogP contribution in [0.25, 0.3) is 0 Å². The van der Waals surface area contributed by atoms with E-state index >= 15 is 0 Å². The van der Waals surface area contributed by atoms with Crippen molar-refractivity contribution in [2.75, 3.05) is 20.7 Å². The largest absolute Gasteiger partial charge is 0.497 e. The van der Waals surface area contributed by atoms with Crippen LogP contribution in [0, 0.1) is 0 Å². The summed E-state index contributed by atoms with van der Waals surface area (Å²) in [6.45, 7) is 2.26. The summed E-state index contributed by atoms with van der Waals surface area (Å²) in [5.41, 5.74) is 1.78. The maximum absolute atomic E-state index is 13.2. The number of hydrogen-bond acceptors (Lipinski definition) is 6. The molecule has 0 radical (unpaired) electrons. The topological polar surface area (TPSA) is 109 Å². The number of methoxy groups -OCH3 is 1. The molecule has 2 aromatic rings. The Balaban J connectivity index is 1.48. The van der Waals surface area contributed by atoms with Gasteiger partial charge in [0.1, 0.15) is 17.6 Å². The Kier molecular flexibility index (Phi) is 4.84. The van der Waals surface area contributed by atoms with Crippen molar-refractivity contribution in [2.45, 2.75) is 31.0 Å². The molecule has 1 saturated heterocycles. The third-order valence-electron chi connectivity index (χ3n) is 6.60. The van der Waals surface area contributed by atoms with Gasteiger partial charge in [-0.25, -0.2) is 4.79 Å². The predicted molar refractivity (Wildman–Crippen MR) is 120 cm³/mol. The Morgan fingerprint density at radius 2 is 2.06 bits per heavy atom. The van der Waals surface area contributed by atoms with Crippen molar-refractivity contribution in [1.29, 1.82) is 0 Å². The van der Waals surface area contributed by atoms with Gasteiger partial charge in [0.15, 0.2) is 5.54 Å². The molecule has 33 heavy (non-hydrogen) atoms. The molecule has 3 aliphatic heterocycles. The van der Waals surface area contributed by atoms with E-state index in [1.807, 2.05) is 31.2 Å². The summed E-state index contributed by atoms with van der Waals surface area (Å²) < 4.78 is 11.5. The number of urea groups is 1. The van der Waals surface area contributed by atoms with Gasteiger partial charge in [0, 0.05) is 36.9 Å². The molecule has 2 unspecified atom stereocenters. The van der Waals surface area contributed by atoms with Gasteiger partial charge < -0.3 is 19.7 Å². The maximum Gasteiger partial charge on any atom is 0.322 e. The first-order valence-electron chi connectivity index (χ1n) is 10.7. The summed E-state index contributed by atoms with van der Waals surface area (Å²) >= 11 is 0. The van der Waals surface area contributed by atoms with Crippen LogP contribution >= 0.6 is 0 Å². The van der Waals surface area contributed by atoms with Gasteiger partial charge in [0.2, 0.25) is 0 Å². The summed E-state index contributed by atoms with van der Waals surface area (Å²) in [7, 11) is 3.24. The summed E-state index contributed by atoms with van der Waals surface area (Å²) in [4.78, 5) is 44.3. The van der Waals surface area contributed by atoms with E-state index in [2.05, 4.69) is 15.6 Å². The molecule has 3 aliphatic rings. The lowest BCUT2D eigenvalue weighted by atomic mass is 9.82. The fourth-order valence-corrected chi connectivity index (χ4v) is 4.99. The third-order valence-corrected chi connectivity index (χ3v) is 6.60. The normalized spacial score (nSPS) is 25.7. The number of imide groups is 1. The van der Waals surface area contributed by atoms with Crippen LogP contribution in [0.4, 0.5) is 4.79 Å². The van der Waals surface area contributed by atoms with Crippen molar-refractivity contribution in [1.82, 2.24) is 15.5 Å². The Hall–Kier alpha value is -3.88. The number of aliphatic imine (C=N–C) groups is 1. The van der Waals surface area contributed by atoms with Crippen molar-refractivity contribution in [3.8, 4) is 11.5 Å². The zero-order valence-electron chi connectivity index (χ0n) is 18.5. The molecule has 2 aromatic carbocycles. The van der Waals surface area contributed by atoms with Crippen LogP contribution in [0.3, 0.4) is 0 Å². The third kappa shape index (κ3) is 3.23. The molecule has 1 fully saturated rings. The molecule has 0 saturated carbocycles. The number of carbonyl (C=O) groups excluding carboxylic acids is 3. The Labute approximate surface area is 190 Å². The fraction of sp³-hybridized carbons (Fsp3) is 0.333. The Morgan fingerprint density at radius 3 is 2.76 bits per heavy atom. The molecule has 3 heterocycles. The van der Waals surface area contributed by atoms with E-state index in [1.165, 1.54) is 0 Å². The molecule has 4 amide bonds. The SMILES string of the molecule is CN=Cc1ccc2c(c1)C(C)C([C@]1(CN3Cc4ccc(OC)cc4C3=O)NC(=O)NC1=O)O2. The smallest absolute Gasteiger partial charge is 0.322 e. The average molecular weight is 448 g/mol. The first kappa shape index (κ1) is 21.0. The van der Waals surface area contributed by atoms with Crippen LogP contribution in [-0.2, 0) is 11.3 Å². The van der Waals surface area contributed by atoms with Crippen LogP contribution < -0.4 is 20.1 Å². The molecule has 0 aromatic heterocycles. The van der Waals surface area contributed by atoms with E-state index in [-0.39, 0.29) is 18.4 Å². The zero-order chi connectivity index (χ0) is 23.3. The predicted octanol–water partition coefficient (Wildman–Crippen LogP) is 1.84. The van der Waals surface area contributed by atoms with Crippen LogP contribution in [0.15, 0.2) is 41.4 Å². The molecule has 0 spiro atoms. The minimum absolute atomic E-state index is 0.0212. The molecule has 170 valence electrons. The first-order valence-corrected chi connectivity index (χ1v) is 10.7. The maximum atomic E-state index is 13.2. The fourth-order valence-electron chi connectivity index (χ4n) is 4.99. The van der Waals surface area contributed by atoms with Crippen molar-refractivity contribution in [2.24, 2.45) is 4.99 Å². The van der Waals surface area contributed by atoms with Crippen molar-refractivity contribution < 1.29 is 23.9 Å². The second-order valence-corrected chi connectivity index (χ2v) is 8.58. The minimum atomic E-state index is -1.43. The zero-order valence-corrected chi connectivity index (χ0v) is 18.5. The number of carbonyl (C=O) groups is 3. The molecular formula is C24H24N4O5. The van der Waals surface area contributed by atoms with Gasteiger partial charge in [-0.2, -0.15) is 0 Å². The second kappa shape index (κ2) is 7.61. The van der Waals surface area contributed by atoms with E-state index < -0.39 is 23.6 Å². The lowest BCUT2D eigenvalue weighted by molar-refractivity contribution is -0.128. The highest BCUT2D eigenvalue weighted by atomic mass is 16.5. The number of rotatable bonds is 5. The molecule has 9 nitrogen and oxygen atoms in total. The molecular weight excluding hydrogens is 424 g/mol. The van der Waals surface area contributed by atoms with Crippen molar-refractivity contribution in [3.05, 3.63) is 58.7 Å². The van der Waals surface area contributed by atoms with Gasteiger partial charge in [-0.1, -0.05) is 13.0 Å². The number of benzene rings is 2. The van der Waals surface area contributed by atoms with E-state index in [9.17, 15) is 14.4 Å².